The van der Waals surface area contributed by atoms with E-state index in [0.29, 0.717) is 17.7 Å². The zero-order valence-electron chi connectivity index (χ0n) is 24.5. The van der Waals surface area contributed by atoms with E-state index in [1.807, 2.05) is 42.6 Å². The standard InChI is InChI=1S/C37H30N2O5S/c1-45(43,44)32-8-4-7-28(21-32)30-20-29-15-18-39(23-24-9-10-25-5-2-3-6-27(25)19-24)34(29)33(22-30)35(40)38-37(16-17-37)31-13-11-26(12-14-31)36(41)42/h2-15,18-22H,16-17,23H2,1H3,(H,38,40)(H,41,42). The quantitative estimate of drug-likeness (QED) is 0.192. The predicted molar refractivity (Wildman–Crippen MR) is 175 cm³/mol. The van der Waals surface area contributed by atoms with Crippen LogP contribution in [0.2, 0.25) is 0 Å². The first kappa shape index (κ1) is 28.6. The van der Waals surface area contributed by atoms with Crippen LogP contribution in [0, 0.1) is 0 Å². The molecule has 0 spiro atoms. The van der Waals surface area contributed by atoms with Crippen molar-refractivity contribution in [1.29, 1.82) is 0 Å². The normalized spacial score (nSPS) is 14.0. The molecule has 0 unspecified atom stereocenters. The van der Waals surface area contributed by atoms with Gasteiger partial charge >= 0.3 is 5.97 Å². The molecule has 0 aliphatic heterocycles. The molecule has 8 heteroatoms. The Balaban J connectivity index is 1.32. The van der Waals surface area contributed by atoms with E-state index >= 15 is 0 Å². The molecule has 1 aromatic heterocycles. The molecular formula is C37H30N2O5S. The van der Waals surface area contributed by atoms with Crippen LogP contribution in [0.1, 0.15) is 44.7 Å². The molecule has 0 saturated heterocycles. The van der Waals surface area contributed by atoms with Crippen molar-refractivity contribution in [3.8, 4) is 11.1 Å². The average molecular weight is 615 g/mol. The zero-order valence-corrected chi connectivity index (χ0v) is 25.3. The number of aromatic nitrogens is 1. The lowest BCUT2D eigenvalue weighted by Gasteiger charge is -2.20. The van der Waals surface area contributed by atoms with Gasteiger partial charge in [0.1, 0.15) is 0 Å². The molecule has 7 nitrogen and oxygen atoms in total. The van der Waals surface area contributed by atoms with Crippen molar-refractivity contribution >= 4 is 43.4 Å². The summed E-state index contributed by atoms with van der Waals surface area (Å²) in [5.41, 5.74) is 4.26. The van der Waals surface area contributed by atoms with Crippen molar-refractivity contribution in [3.05, 3.63) is 138 Å². The van der Waals surface area contributed by atoms with E-state index < -0.39 is 21.3 Å². The van der Waals surface area contributed by atoms with Gasteiger partial charge in [-0.15, -0.1) is 0 Å². The first-order valence-corrected chi connectivity index (χ1v) is 16.6. The predicted octanol–water partition coefficient (Wildman–Crippen LogP) is 7.03. The summed E-state index contributed by atoms with van der Waals surface area (Å²) in [6, 6.07) is 33.8. The third-order valence-corrected chi connectivity index (χ3v) is 9.77. The highest BCUT2D eigenvalue weighted by atomic mass is 32.2. The number of carbonyl (C=O) groups is 2. The summed E-state index contributed by atoms with van der Waals surface area (Å²) >= 11 is 0. The lowest BCUT2D eigenvalue weighted by molar-refractivity contribution is 0.0696. The number of hydrogen-bond acceptors (Lipinski definition) is 4. The first-order chi connectivity index (χ1) is 21.6. The molecular weight excluding hydrogens is 584 g/mol. The number of benzene rings is 5. The number of carboxylic acids is 1. The minimum Gasteiger partial charge on any atom is -0.478 e. The lowest BCUT2D eigenvalue weighted by Crippen LogP contribution is -2.35. The minimum absolute atomic E-state index is 0.193. The maximum Gasteiger partial charge on any atom is 0.335 e. The Morgan fingerprint density at radius 3 is 2.27 bits per heavy atom. The Kier molecular flexibility index (Phi) is 6.82. The van der Waals surface area contributed by atoms with Crippen LogP contribution in [0.4, 0.5) is 0 Å². The highest BCUT2D eigenvalue weighted by Gasteiger charge is 2.46. The van der Waals surface area contributed by atoms with Crippen LogP contribution < -0.4 is 5.32 Å². The molecule has 1 fully saturated rings. The van der Waals surface area contributed by atoms with Gasteiger partial charge in [-0.25, -0.2) is 13.2 Å². The molecule has 1 aliphatic carbocycles. The van der Waals surface area contributed by atoms with E-state index in [-0.39, 0.29) is 16.4 Å². The van der Waals surface area contributed by atoms with Gasteiger partial charge in [-0.2, -0.15) is 0 Å². The number of hydrogen-bond donors (Lipinski definition) is 2. The largest absolute Gasteiger partial charge is 0.478 e. The molecule has 1 saturated carbocycles. The van der Waals surface area contributed by atoms with Crippen LogP contribution in [0.25, 0.3) is 32.8 Å². The number of rotatable bonds is 8. The van der Waals surface area contributed by atoms with Crippen LogP contribution in [-0.2, 0) is 21.9 Å². The molecule has 1 heterocycles. The van der Waals surface area contributed by atoms with Crippen LogP contribution in [0.15, 0.2) is 120 Å². The summed E-state index contributed by atoms with van der Waals surface area (Å²) in [6.45, 7) is 0.555. The van der Waals surface area contributed by atoms with E-state index in [0.717, 1.165) is 51.2 Å². The molecule has 1 amide bonds. The van der Waals surface area contributed by atoms with E-state index in [1.165, 1.54) is 6.26 Å². The third kappa shape index (κ3) is 5.49. The number of aromatic carboxylic acids is 1. The fraction of sp³-hybridized carbons (Fsp3) is 0.135. The van der Waals surface area contributed by atoms with Gasteiger partial charge in [0.25, 0.3) is 5.91 Å². The van der Waals surface area contributed by atoms with E-state index in [9.17, 15) is 23.1 Å². The van der Waals surface area contributed by atoms with Crippen molar-refractivity contribution in [2.75, 3.05) is 6.26 Å². The van der Waals surface area contributed by atoms with Gasteiger partial charge in [0.15, 0.2) is 9.84 Å². The highest BCUT2D eigenvalue weighted by molar-refractivity contribution is 7.90. The maximum atomic E-state index is 14.2. The van der Waals surface area contributed by atoms with Crippen molar-refractivity contribution in [3.63, 3.8) is 0 Å². The topological polar surface area (TPSA) is 105 Å². The highest BCUT2D eigenvalue weighted by Crippen LogP contribution is 2.46. The molecule has 7 rings (SSSR count). The fourth-order valence-corrected chi connectivity index (χ4v) is 6.76. The van der Waals surface area contributed by atoms with Crippen molar-refractivity contribution in [1.82, 2.24) is 9.88 Å². The number of carboxylic acid groups (broad SMARTS) is 1. The summed E-state index contributed by atoms with van der Waals surface area (Å²) in [4.78, 5) is 25.8. The number of amides is 1. The Hall–Kier alpha value is -5.21. The Morgan fingerprint density at radius 1 is 0.800 bits per heavy atom. The second kappa shape index (κ2) is 10.7. The van der Waals surface area contributed by atoms with E-state index in [1.54, 1.807) is 42.5 Å². The Morgan fingerprint density at radius 2 is 1.56 bits per heavy atom. The Bertz CT molecular complexity index is 2250. The molecule has 45 heavy (non-hydrogen) atoms. The summed E-state index contributed by atoms with van der Waals surface area (Å²) in [7, 11) is -3.42. The van der Waals surface area contributed by atoms with Crippen LogP contribution in [-0.4, -0.2) is 36.2 Å². The summed E-state index contributed by atoms with van der Waals surface area (Å²) in [5, 5.41) is 15.8. The first-order valence-electron chi connectivity index (χ1n) is 14.7. The molecule has 0 radical (unpaired) electrons. The summed E-state index contributed by atoms with van der Waals surface area (Å²) in [6.07, 6.45) is 4.63. The SMILES string of the molecule is CS(=O)(=O)c1cccc(-c2cc(C(=O)NC3(c4ccc(C(=O)O)cc4)CC3)c3c(ccn3Cc3ccc4ccccc4c3)c2)c1. The molecule has 5 aromatic carbocycles. The lowest BCUT2D eigenvalue weighted by atomic mass is 9.98. The van der Waals surface area contributed by atoms with E-state index in [2.05, 4.69) is 40.2 Å². The summed E-state index contributed by atoms with van der Waals surface area (Å²) in [5.74, 6) is -1.25. The molecule has 2 N–H and O–H groups in total. The van der Waals surface area contributed by atoms with Crippen LogP contribution in [0.5, 0.6) is 0 Å². The molecule has 0 bridgehead atoms. The van der Waals surface area contributed by atoms with Crippen LogP contribution in [0.3, 0.4) is 0 Å². The van der Waals surface area contributed by atoms with Gasteiger partial charge in [0.05, 0.1) is 27.1 Å². The molecule has 0 atom stereocenters. The maximum absolute atomic E-state index is 14.2. The fourth-order valence-electron chi connectivity index (χ4n) is 6.09. The smallest absolute Gasteiger partial charge is 0.335 e. The van der Waals surface area contributed by atoms with Gasteiger partial charge in [-0.05, 0) is 94.4 Å². The van der Waals surface area contributed by atoms with E-state index in [4.69, 9.17) is 0 Å². The number of nitrogens with one attached hydrogen (secondary N) is 1. The number of fused-ring (bicyclic) bond motifs is 2. The monoisotopic (exact) mass is 614 g/mol. The summed E-state index contributed by atoms with van der Waals surface area (Å²) < 4.78 is 26.7. The second-order valence-corrected chi connectivity index (χ2v) is 13.8. The van der Waals surface area contributed by atoms with Crippen molar-refractivity contribution in [2.24, 2.45) is 0 Å². The number of nitrogens with zero attached hydrogens (tertiary/aromatic N) is 1. The number of carbonyl (C=O) groups excluding carboxylic acids is 1. The second-order valence-electron chi connectivity index (χ2n) is 11.8. The molecule has 1 aliphatic rings. The van der Waals surface area contributed by atoms with Gasteiger partial charge in [-0.3, -0.25) is 4.79 Å². The molecule has 224 valence electrons. The average Bonchev–Trinajstić information content (AvgIpc) is 3.71. The number of sulfone groups is 1. The Labute approximate surface area is 260 Å². The van der Waals surface area contributed by atoms with Gasteiger partial charge in [0, 0.05) is 24.4 Å². The molecule has 6 aromatic rings. The van der Waals surface area contributed by atoms with Crippen molar-refractivity contribution in [2.45, 2.75) is 29.8 Å². The van der Waals surface area contributed by atoms with Gasteiger partial charge < -0.3 is 15.0 Å². The minimum atomic E-state index is -3.42. The third-order valence-electron chi connectivity index (χ3n) is 8.65. The zero-order chi connectivity index (χ0) is 31.3. The van der Waals surface area contributed by atoms with Gasteiger partial charge in [0.2, 0.25) is 0 Å². The van der Waals surface area contributed by atoms with Crippen LogP contribution >= 0.6 is 0 Å². The van der Waals surface area contributed by atoms with Gasteiger partial charge in [-0.1, -0.05) is 60.7 Å². The van der Waals surface area contributed by atoms with Crippen molar-refractivity contribution < 1.29 is 23.1 Å².